The Morgan fingerprint density at radius 3 is 2.45 bits per heavy atom. The summed E-state index contributed by atoms with van der Waals surface area (Å²) in [5.41, 5.74) is 3.32. The molecule has 4 saturated heterocycles. The zero-order valence-electron chi connectivity index (χ0n) is 35.8. The van der Waals surface area contributed by atoms with E-state index in [9.17, 15) is 37.1 Å². The third kappa shape index (κ3) is 8.74. The number of halogens is 3. The number of nitrogens with zero attached hydrogens (tertiary/aromatic N) is 5. The quantitative estimate of drug-likeness (QED) is 0.0676. The summed E-state index contributed by atoms with van der Waals surface area (Å²) in [5.74, 6) is -4.63. The zero-order chi connectivity index (χ0) is 47.4. The highest BCUT2D eigenvalue weighted by atomic mass is 32.2. The topological polar surface area (TPSA) is 226 Å². The normalized spacial score (nSPS) is 20.7. The molecule has 0 saturated carbocycles. The number of H-pyrrole nitrogens is 1. The van der Waals surface area contributed by atoms with Gasteiger partial charge in [-0.15, -0.1) is 0 Å². The molecule has 5 aliphatic rings. The second kappa shape index (κ2) is 17.8. The number of aromatic nitrogens is 2. The van der Waals surface area contributed by atoms with E-state index >= 15 is 8.78 Å². The number of nitrogens with one attached hydrogen (secondary N) is 3. The van der Waals surface area contributed by atoms with E-state index in [0.717, 1.165) is 65.0 Å². The maximum absolute atomic E-state index is 15.7. The fourth-order valence-corrected chi connectivity index (χ4v) is 11.0. The Balaban J connectivity index is 0.00000183. The van der Waals surface area contributed by atoms with Crippen LogP contribution in [-0.2, 0) is 31.1 Å². The number of amides is 3. The number of carbonyl (C=O) groups is 5. The van der Waals surface area contributed by atoms with Crippen molar-refractivity contribution in [2.24, 2.45) is 5.41 Å². The van der Waals surface area contributed by atoms with Crippen molar-refractivity contribution in [2.75, 3.05) is 55.4 Å². The van der Waals surface area contributed by atoms with Crippen LogP contribution in [0.15, 0.2) is 73.1 Å². The van der Waals surface area contributed by atoms with Crippen molar-refractivity contribution in [1.29, 1.82) is 0 Å². The number of pyridine rings is 1. The number of aromatic amines is 1. The molecule has 3 amide bonds. The number of hydrogen-bond donors (Lipinski definition) is 5. The first-order valence-electron chi connectivity index (χ1n) is 21.6. The second-order valence-electron chi connectivity index (χ2n) is 17.6. The third-order valence-corrected chi connectivity index (χ3v) is 14.6. The summed E-state index contributed by atoms with van der Waals surface area (Å²) in [5, 5.41) is 20.6. The summed E-state index contributed by atoms with van der Waals surface area (Å²) < 4.78 is 73.0. The largest absolute Gasteiger partial charge is 0.483 e. The van der Waals surface area contributed by atoms with Crippen LogP contribution in [0.2, 0.25) is 0 Å². The first-order valence-corrected chi connectivity index (χ1v) is 23.0. The minimum Gasteiger partial charge on any atom is -0.483 e. The van der Waals surface area contributed by atoms with Crippen LogP contribution >= 0.6 is 0 Å². The smallest absolute Gasteiger partial charge is 0.301 e. The SMILES string of the molecule is O=C1CC[C@H](N2Cc3cc([C@H](O)CCN4CC5(C4)CN(c4ccc(-c6cnc7[nH]cc(C(=O)c8c(F)ccc(NS(=O)(=O)N9CC[C@@H](F)C9)c8F)c7c6)cc4)C5)ccc3C2=O)C(=O)N1.O=CO. The van der Waals surface area contributed by atoms with E-state index < -0.39 is 69.6 Å². The van der Waals surface area contributed by atoms with Crippen LogP contribution in [0.25, 0.3) is 22.2 Å². The van der Waals surface area contributed by atoms with E-state index in [1.165, 1.54) is 11.1 Å². The van der Waals surface area contributed by atoms with Crippen LogP contribution in [0, 0.1) is 17.0 Å². The van der Waals surface area contributed by atoms with Crippen molar-refractivity contribution >= 4 is 62.6 Å². The highest BCUT2D eigenvalue weighted by molar-refractivity contribution is 7.90. The van der Waals surface area contributed by atoms with Gasteiger partial charge in [-0.3, -0.25) is 34.0 Å². The minimum absolute atomic E-state index is 0.00299. The van der Waals surface area contributed by atoms with E-state index in [0.29, 0.717) is 41.5 Å². The van der Waals surface area contributed by atoms with Gasteiger partial charge in [-0.05, 0) is 72.4 Å². The fourth-order valence-electron chi connectivity index (χ4n) is 9.78. The van der Waals surface area contributed by atoms with Gasteiger partial charge in [0.05, 0.1) is 17.4 Å². The average molecular weight is 943 g/mol. The van der Waals surface area contributed by atoms with Crippen molar-refractivity contribution in [3.63, 3.8) is 0 Å². The summed E-state index contributed by atoms with van der Waals surface area (Å²) in [7, 11) is -4.36. The molecule has 10 rings (SSSR count). The molecule has 3 atom stereocenters. The molecule has 1 spiro atoms. The molecule has 3 aromatic carbocycles. The van der Waals surface area contributed by atoms with Crippen molar-refractivity contribution in [3.8, 4) is 11.1 Å². The molecule has 21 heteroatoms. The molecule has 5 N–H and O–H groups in total. The van der Waals surface area contributed by atoms with Gasteiger partial charge in [0.15, 0.2) is 5.82 Å². The number of alkyl halides is 1. The third-order valence-electron chi connectivity index (χ3n) is 13.2. The lowest BCUT2D eigenvalue weighted by molar-refractivity contribution is -0.137. The van der Waals surface area contributed by atoms with Crippen LogP contribution in [0.5, 0.6) is 0 Å². The molecule has 0 unspecified atom stereocenters. The molecule has 7 heterocycles. The van der Waals surface area contributed by atoms with E-state index in [-0.39, 0.29) is 55.2 Å². The van der Waals surface area contributed by atoms with Crippen LogP contribution < -0.4 is 14.9 Å². The molecule has 5 aromatic rings. The number of imide groups is 1. The number of aliphatic hydroxyl groups is 1. The summed E-state index contributed by atoms with van der Waals surface area (Å²) in [6, 6.07) is 15.9. The van der Waals surface area contributed by atoms with E-state index in [1.807, 2.05) is 35.1 Å². The number of fused-ring (bicyclic) bond motifs is 2. The standard InChI is InChI=1S/C45H43F3N8O7S.CH2O2/c46-29-11-14-55(20-29)64(62,63)52-35-8-7-34(47)39(40(35)48)41(59)33-18-50-42-32(33)16-27(17-49-42)25-1-4-30(5-2-25)54-23-45(24-54)21-53(22-45)13-12-37(57)26-3-6-31-28(15-26)19-56(44(31)61)36-9-10-38(58)51-43(36)60;2-1-3/h1-8,15-18,29,36-37,52,57H,9-14,19-24H2,(H,49,50)(H,51,58,60);1H,(H,2,3)/t29-,36+,37-;/m1./s1. The number of likely N-dealkylation sites (tertiary alicyclic amines) is 1. The van der Waals surface area contributed by atoms with E-state index in [1.54, 1.807) is 24.4 Å². The predicted octanol–water partition coefficient (Wildman–Crippen LogP) is 4.15. The molecule has 5 aliphatic heterocycles. The maximum atomic E-state index is 15.7. The average Bonchev–Trinajstić information content (AvgIpc) is 4.00. The van der Waals surface area contributed by atoms with Crippen molar-refractivity contribution in [3.05, 3.63) is 113 Å². The molecule has 17 nitrogen and oxygen atoms in total. The summed E-state index contributed by atoms with van der Waals surface area (Å²) >= 11 is 0. The lowest BCUT2D eigenvalue weighted by atomic mass is 9.72. The van der Waals surface area contributed by atoms with Crippen LogP contribution in [-0.4, -0.2) is 131 Å². The van der Waals surface area contributed by atoms with E-state index in [4.69, 9.17) is 9.90 Å². The number of carboxylic acid groups (broad SMARTS) is 1. The molecule has 0 bridgehead atoms. The Bertz CT molecular complexity index is 2920. The number of piperidine rings is 1. The van der Waals surface area contributed by atoms with Crippen molar-refractivity contribution in [2.45, 2.75) is 50.5 Å². The number of anilines is 2. The number of carbonyl (C=O) groups excluding carboxylic acids is 4. The van der Waals surface area contributed by atoms with Gasteiger partial charge in [-0.2, -0.15) is 12.7 Å². The number of hydrogen-bond acceptors (Lipinski definition) is 11. The Hall–Kier alpha value is -6.68. The predicted molar refractivity (Wildman–Crippen MR) is 237 cm³/mol. The van der Waals surface area contributed by atoms with Crippen LogP contribution in [0.3, 0.4) is 0 Å². The summed E-state index contributed by atoms with van der Waals surface area (Å²) in [4.78, 5) is 72.6. The molecule has 350 valence electrons. The lowest BCUT2D eigenvalue weighted by Gasteiger charge is -2.61. The molecule has 0 aliphatic carbocycles. The van der Waals surface area contributed by atoms with Gasteiger partial charge in [0.2, 0.25) is 17.6 Å². The first-order chi connectivity index (χ1) is 32.1. The van der Waals surface area contributed by atoms with Gasteiger partial charge in [-0.25, -0.2) is 18.2 Å². The van der Waals surface area contributed by atoms with Gasteiger partial charge in [0.1, 0.15) is 23.7 Å². The van der Waals surface area contributed by atoms with Gasteiger partial charge in [0, 0.05) is 104 Å². The van der Waals surface area contributed by atoms with Crippen LogP contribution in [0.4, 0.5) is 24.5 Å². The lowest BCUT2D eigenvalue weighted by Crippen LogP contribution is -2.72. The summed E-state index contributed by atoms with van der Waals surface area (Å²) in [6.45, 7) is 3.79. The molecule has 4 fully saturated rings. The molecule has 2 aromatic heterocycles. The minimum atomic E-state index is -4.36. The zero-order valence-corrected chi connectivity index (χ0v) is 36.6. The molecule has 67 heavy (non-hydrogen) atoms. The van der Waals surface area contributed by atoms with Gasteiger partial charge < -0.3 is 29.9 Å². The highest BCUT2D eigenvalue weighted by Crippen LogP contribution is 2.43. The maximum Gasteiger partial charge on any atom is 0.301 e. The van der Waals surface area contributed by atoms with E-state index in [2.05, 4.69) is 25.1 Å². The number of ketones is 1. The summed E-state index contributed by atoms with van der Waals surface area (Å²) in [6.07, 6.45) is 1.85. The molecule has 0 radical (unpaired) electrons. The van der Waals surface area contributed by atoms with Crippen molar-refractivity contribution in [1.82, 2.24) is 29.4 Å². The number of aliphatic hydroxyl groups excluding tert-OH is 1. The Morgan fingerprint density at radius 1 is 1.00 bits per heavy atom. The second-order valence-corrected chi connectivity index (χ2v) is 19.3. The number of rotatable bonds is 12. The fraction of sp³-hybridized carbons (Fsp3) is 0.348. The monoisotopic (exact) mass is 942 g/mol. The Labute approximate surface area is 381 Å². The van der Waals surface area contributed by atoms with Crippen LogP contribution in [0.1, 0.15) is 69.2 Å². The molecular formula is C46H45F3N8O9S. The van der Waals surface area contributed by atoms with Gasteiger partial charge in [0.25, 0.3) is 12.4 Å². The van der Waals surface area contributed by atoms with Gasteiger partial charge in [-0.1, -0.05) is 24.3 Å². The Morgan fingerprint density at radius 2 is 1.75 bits per heavy atom. The number of benzene rings is 3. The van der Waals surface area contributed by atoms with Crippen molar-refractivity contribution < 1.29 is 55.8 Å². The molecular weight excluding hydrogens is 898 g/mol. The Kier molecular flexibility index (Phi) is 12.1. The highest BCUT2D eigenvalue weighted by Gasteiger charge is 2.51. The van der Waals surface area contributed by atoms with Gasteiger partial charge >= 0.3 is 10.2 Å². The first kappa shape index (κ1) is 45.5.